The van der Waals surface area contributed by atoms with Crippen molar-refractivity contribution in [2.24, 2.45) is 0 Å². The monoisotopic (exact) mass is 376 g/mol. The topological polar surface area (TPSA) is 41.9 Å². The molecule has 0 radical (unpaired) electrons. The van der Waals surface area contributed by atoms with Crippen molar-refractivity contribution in [3.63, 3.8) is 0 Å². The van der Waals surface area contributed by atoms with Crippen LogP contribution in [0.4, 0.5) is 10.2 Å². The van der Waals surface area contributed by atoms with E-state index in [-0.39, 0.29) is 5.82 Å². The molecule has 2 aromatic heterocycles. The number of pyridine rings is 1. The van der Waals surface area contributed by atoms with Crippen LogP contribution >= 0.6 is 0 Å². The SMILES string of the molecule is Cc1cc(N2CCCC(c3ccc(Cc4cccc(F)c4)cn3)C2)nc(C)n1. The lowest BCUT2D eigenvalue weighted by atomic mass is 9.93. The Kier molecular flexibility index (Phi) is 5.33. The molecule has 0 spiro atoms. The van der Waals surface area contributed by atoms with Crippen LogP contribution in [0.2, 0.25) is 0 Å². The van der Waals surface area contributed by atoms with Gasteiger partial charge < -0.3 is 4.90 Å². The maximum Gasteiger partial charge on any atom is 0.132 e. The van der Waals surface area contributed by atoms with Crippen LogP contribution in [-0.2, 0) is 6.42 Å². The van der Waals surface area contributed by atoms with Gasteiger partial charge in [-0.3, -0.25) is 4.98 Å². The van der Waals surface area contributed by atoms with Crippen molar-refractivity contribution in [1.29, 1.82) is 0 Å². The largest absolute Gasteiger partial charge is 0.356 e. The number of nitrogens with zero attached hydrogens (tertiary/aromatic N) is 4. The van der Waals surface area contributed by atoms with E-state index >= 15 is 0 Å². The summed E-state index contributed by atoms with van der Waals surface area (Å²) in [5.74, 6) is 2.03. The van der Waals surface area contributed by atoms with Gasteiger partial charge in [0.25, 0.3) is 0 Å². The Bertz CT molecular complexity index is 935. The molecule has 1 fully saturated rings. The molecule has 4 nitrogen and oxygen atoms in total. The molecular weight excluding hydrogens is 351 g/mol. The number of aromatic nitrogens is 3. The summed E-state index contributed by atoms with van der Waals surface area (Å²) in [6.07, 6.45) is 4.88. The molecule has 0 bridgehead atoms. The van der Waals surface area contributed by atoms with Crippen LogP contribution in [0, 0.1) is 19.7 Å². The van der Waals surface area contributed by atoms with Gasteiger partial charge in [0.2, 0.25) is 0 Å². The number of rotatable bonds is 4. The fraction of sp³-hybridized carbons (Fsp3) is 0.348. The van der Waals surface area contributed by atoms with E-state index in [1.165, 1.54) is 6.07 Å². The highest BCUT2D eigenvalue weighted by Crippen LogP contribution is 2.28. The first-order valence-corrected chi connectivity index (χ1v) is 9.83. The second-order valence-corrected chi connectivity index (χ2v) is 7.60. The van der Waals surface area contributed by atoms with Crippen molar-refractivity contribution < 1.29 is 4.39 Å². The molecule has 0 N–H and O–H groups in total. The summed E-state index contributed by atoms with van der Waals surface area (Å²) in [6.45, 7) is 5.89. The third-order valence-electron chi connectivity index (χ3n) is 5.26. The molecule has 4 rings (SSSR count). The second kappa shape index (κ2) is 8.05. The van der Waals surface area contributed by atoms with E-state index in [2.05, 4.69) is 33.1 Å². The summed E-state index contributed by atoms with van der Waals surface area (Å²) >= 11 is 0. The first-order valence-electron chi connectivity index (χ1n) is 9.83. The third kappa shape index (κ3) is 4.35. The molecule has 1 aliphatic heterocycles. The Morgan fingerprint density at radius 2 is 1.96 bits per heavy atom. The Morgan fingerprint density at radius 1 is 1.07 bits per heavy atom. The number of hydrogen-bond acceptors (Lipinski definition) is 4. The smallest absolute Gasteiger partial charge is 0.132 e. The molecule has 1 aliphatic rings. The van der Waals surface area contributed by atoms with Gasteiger partial charge in [-0.15, -0.1) is 0 Å². The molecule has 0 saturated carbocycles. The number of benzene rings is 1. The van der Waals surface area contributed by atoms with Crippen molar-refractivity contribution in [2.45, 2.75) is 39.0 Å². The van der Waals surface area contributed by atoms with Crippen molar-refractivity contribution >= 4 is 5.82 Å². The van der Waals surface area contributed by atoms with Crippen molar-refractivity contribution in [3.8, 4) is 0 Å². The van der Waals surface area contributed by atoms with E-state index in [0.29, 0.717) is 12.3 Å². The fourth-order valence-electron chi connectivity index (χ4n) is 3.95. The molecule has 3 heterocycles. The lowest BCUT2D eigenvalue weighted by molar-refractivity contribution is 0.498. The van der Waals surface area contributed by atoms with Gasteiger partial charge in [0.05, 0.1) is 0 Å². The molecule has 144 valence electrons. The summed E-state index contributed by atoms with van der Waals surface area (Å²) in [7, 11) is 0. The standard InChI is InChI=1S/C23H25FN4/c1-16-11-23(27-17(2)26-16)28-10-4-6-20(15-28)22-9-8-19(14-25-22)12-18-5-3-7-21(24)13-18/h3,5,7-9,11,13-14,20H,4,6,10,12,15H2,1-2H3. The number of halogens is 1. The van der Waals surface area contributed by atoms with Crippen LogP contribution in [0.3, 0.4) is 0 Å². The maximum atomic E-state index is 13.4. The van der Waals surface area contributed by atoms with Crippen LogP contribution in [0.25, 0.3) is 0 Å². The highest BCUT2D eigenvalue weighted by molar-refractivity contribution is 5.41. The lowest BCUT2D eigenvalue weighted by Crippen LogP contribution is -2.35. The van der Waals surface area contributed by atoms with E-state index in [1.54, 1.807) is 12.1 Å². The second-order valence-electron chi connectivity index (χ2n) is 7.60. The van der Waals surface area contributed by atoms with Gasteiger partial charge >= 0.3 is 0 Å². The van der Waals surface area contributed by atoms with Crippen LogP contribution in [0.1, 0.15) is 47.1 Å². The average molecular weight is 376 g/mol. The molecule has 1 aromatic carbocycles. The van der Waals surface area contributed by atoms with Crippen LogP contribution < -0.4 is 4.90 Å². The quantitative estimate of drug-likeness (QED) is 0.667. The summed E-state index contributed by atoms with van der Waals surface area (Å²) in [5, 5.41) is 0. The molecule has 3 aromatic rings. The predicted molar refractivity (Wildman–Crippen MR) is 109 cm³/mol. The minimum absolute atomic E-state index is 0.195. The molecule has 1 atom stereocenters. The van der Waals surface area contributed by atoms with Crippen molar-refractivity contribution in [3.05, 3.63) is 82.8 Å². The van der Waals surface area contributed by atoms with Gasteiger partial charge in [-0.2, -0.15) is 0 Å². The molecule has 0 amide bonds. The molecule has 1 unspecified atom stereocenters. The Labute approximate surface area is 165 Å². The van der Waals surface area contributed by atoms with Crippen molar-refractivity contribution in [2.75, 3.05) is 18.0 Å². The zero-order chi connectivity index (χ0) is 19.5. The average Bonchev–Trinajstić information content (AvgIpc) is 2.68. The van der Waals surface area contributed by atoms with E-state index in [1.807, 2.05) is 26.1 Å². The summed E-state index contributed by atoms with van der Waals surface area (Å²) in [5.41, 5.74) is 4.19. The van der Waals surface area contributed by atoms with Gasteiger partial charge in [-0.25, -0.2) is 14.4 Å². The number of piperidine rings is 1. The van der Waals surface area contributed by atoms with Crippen molar-refractivity contribution in [1.82, 2.24) is 15.0 Å². The third-order valence-corrected chi connectivity index (χ3v) is 5.26. The van der Waals surface area contributed by atoms with Gasteiger partial charge in [-0.1, -0.05) is 18.2 Å². The van der Waals surface area contributed by atoms with Gasteiger partial charge in [0, 0.05) is 42.7 Å². The Hall–Kier alpha value is -2.82. The Balaban J connectivity index is 1.46. The normalized spacial score (nSPS) is 17.0. The first-order chi connectivity index (χ1) is 13.6. The van der Waals surface area contributed by atoms with E-state index in [0.717, 1.165) is 60.1 Å². The zero-order valence-electron chi connectivity index (χ0n) is 16.4. The molecule has 28 heavy (non-hydrogen) atoms. The Morgan fingerprint density at radius 3 is 2.71 bits per heavy atom. The first kappa shape index (κ1) is 18.5. The highest BCUT2D eigenvalue weighted by atomic mass is 19.1. The minimum atomic E-state index is -0.195. The molecule has 5 heteroatoms. The van der Waals surface area contributed by atoms with Crippen LogP contribution in [0.15, 0.2) is 48.7 Å². The van der Waals surface area contributed by atoms with Crippen LogP contribution in [-0.4, -0.2) is 28.0 Å². The minimum Gasteiger partial charge on any atom is -0.356 e. The van der Waals surface area contributed by atoms with E-state index in [9.17, 15) is 4.39 Å². The number of hydrogen-bond donors (Lipinski definition) is 0. The molecule has 0 aliphatic carbocycles. The summed E-state index contributed by atoms with van der Waals surface area (Å²) < 4.78 is 13.4. The maximum absolute atomic E-state index is 13.4. The summed E-state index contributed by atoms with van der Waals surface area (Å²) in [6, 6.07) is 13.1. The van der Waals surface area contributed by atoms with E-state index < -0.39 is 0 Å². The van der Waals surface area contributed by atoms with Gasteiger partial charge in [0.15, 0.2) is 0 Å². The fourth-order valence-corrected chi connectivity index (χ4v) is 3.95. The highest BCUT2D eigenvalue weighted by Gasteiger charge is 2.23. The number of anilines is 1. The van der Waals surface area contributed by atoms with Gasteiger partial charge in [0.1, 0.15) is 17.5 Å². The lowest BCUT2D eigenvalue weighted by Gasteiger charge is -2.33. The zero-order valence-corrected chi connectivity index (χ0v) is 16.4. The van der Waals surface area contributed by atoms with E-state index in [4.69, 9.17) is 4.98 Å². The molecular formula is C23H25FN4. The van der Waals surface area contributed by atoms with Gasteiger partial charge in [-0.05, 0) is 62.4 Å². The predicted octanol–water partition coefficient (Wildman–Crippen LogP) is 4.60. The number of aryl methyl sites for hydroxylation is 2. The summed E-state index contributed by atoms with van der Waals surface area (Å²) in [4.78, 5) is 16.1. The molecule has 1 saturated heterocycles. The van der Waals surface area contributed by atoms with Crippen LogP contribution in [0.5, 0.6) is 0 Å².